The Morgan fingerprint density at radius 2 is 2.07 bits per heavy atom. The van der Waals surface area contributed by atoms with E-state index in [2.05, 4.69) is 0 Å². The van der Waals surface area contributed by atoms with Gasteiger partial charge in [-0.2, -0.15) is 0 Å². The fourth-order valence-corrected chi connectivity index (χ4v) is 3.87. The highest BCUT2D eigenvalue weighted by Crippen LogP contribution is 2.21. The Morgan fingerprint density at radius 3 is 2.50 bits per heavy atom. The molecule has 3 nitrogen and oxygen atoms in total. The number of rotatable bonds is 4. The van der Waals surface area contributed by atoms with Crippen molar-refractivity contribution in [2.24, 2.45) is 0 Å². The summed E-state index contributed by atoms with van der Waals surface area (Å²) < 4.78 is 27.6. The molecule has 1 aliphatic rings. The monoisotopic (exact) mass is 280 g/mol. The van der Waals surface area contributed by atoms with Crippen LogP contribution >= 0.6 is 34.8 Å². The Hall–Kier alpha value is 0.780. The fourth-order valence-electron chi connectivity index (χ4n) is 1.20. The summed E-state index contributed by atoms with van der Waals surface area (Å²) in [5.74, 6) is 0.230. The van der Waals surface area contributed by atoms with Gasteiger partial charge in [0.2, 0.25) is 0 Å². The lowest BCUT2D eigenvalue weighted by atomic mass is 10.3. The van der Waals surface area contributed by atoms with Crippen molar-refractivity contribution in [3.05, 3.63) is 0 Å². The van der Waals surface area contributed by atoms with Crippen molar-refractivity contribution in [2.45, 2.75) is 16.9 Å². The lowest BCUT2D eigenvalue weighted by molar-refractivity contribution is 0.0757. The average molecular weight is 282 g/mol. The van der Waals surface area contributed by atoms with E-state index in [1.54, 1.807) is 0 Å². The number of alkyl halides is 3. The summed E-state index contributed by atoms with van der Waals surface area (Å²) in [7, 11) is -3.03. The molecule has 0 aliphatic carbocycles. The third-order valence-electron chi connectivity index (χ3n) is 1.89. The summed E-state index contributed by atoms with van der Waals surface area (Å²) >= 11 is 17.0. The summed E-state index contributed by atoms with van der Waals surface area (Å²) in [4.78, 5) is 0. The summed E-state index contributed by atoms with van der Waals surface area (Å²) in [6, 6.07) is 0. The van der Waals surface area contributed by atoms with Crippen LogP contribution in [-0.4, -0.2) is 49.3 Å². The van der Waals surface area contributed by atoms with E-state index in [1.165, 1.54) is 0 Å². The largest absolute Gasteiger partial charge is 0.374 e. The number of sulfone groups is 1. The van der Waals surface area contributed by atoms with Crippen LogP contribution in [0, 0.1) is 0 Å². The molecule has 0 aromatic rings. The summed E-state index contributed by atoms with van der Waals surface area (Å²) in [6.45, 7) is 0.231. The topological polar surface area (TPSA) is 43.4 Å². The molecule has 1 heterocycles. The minimum Gasteiger partial charge on any atom is -0.374 e. The lowest BCUT2D eigenvalue weighted by Crippen LogP contribution is -2.26. The van der Waals surface area contributed by atoms with Crippen LogP contribution in [-0.2, 0) is 14.6 Å². The lowest BCUT2D eigenvalue weighted by Gasteiger charge is -2.14. The van der Waals surface area contributed by atoms with Gasteiger partial charge in [0, 0.05) is 5.88 Å². The molecule has 0 aromatic carbocycles. The molecule has 0 bridgehead atoms. The molecule has 3 unspecified atom stereocenters. The molecule has 0 radical (unpaired) electrons. The number of ether oxygens (including phenoxy) is 1. The van der Waals surface area contributed by atoms with Crippen LogP contribution in [0.4, 0.5) is 0 Å². The van der Waals surface area contributed by atoms with E-state index in [0.29, 0.717) is 0 Å². The van der Waals surface area contributed by atoms with Crippen LogP contribution in [0.15, 0.2) is 0 Å². The quantitative estimate of drug-likeness (QED) is 0.729. The van der Waals surface area contributed by atoms with Gasteiger partial charge in [-0.15, -0.1) is 34.8 Å². The second kappa shape index (κ2) is 5.21. The van der Waals surface area contributed by atoms with Gasteiger partial charge in [0.05, 0.1) is 35.0 Å². The molecule has 7 heteroatoms. The number of halogens is 3. The van der Waals surface area contributed by atoms with E-state index in [9.17, 15) is 8.42 Å². The molecule has 0 amide bonds. The first-order valence-corrected chi connectivity index (χ1v) is 7.33. The van der Waals surface area contributed by atoms with Gasteiger partial charge in [-0.1, -0.05) is 0 Å². The minimum atomic E-state index is -3.03. The molecule has 0 N–H and O–H groups in total. The van der Waals surface area contributed by atoms with Gasteiger partial charge < -0.3 is 4.74 Å². The maximum Gasteiger partial charge on any atom is 0.154 e. The SMILES string of the molecule is O=S1(=O)CC(Cl)C(OCC(Cl)CCl)C1. The first-order valence-electron chi connectivity index (χ1n) is 4.11. The highest BCUT2D eigenvalue weighted by atomic mass is 35.5. The Bertz CT molecular complexity index is 280. The van der Waals surface area contributed by atoms with Crippen LogP contribution in [0.2, 0.25) is 0 Å². The van der Waals surface area contributed by atoms with Crippen LogP contribution in [0.3, 0.4) is 0 Å². The molecular formula is C7H11Cl3O3S. The van der Waals surface area contributed by atoms with Crippen molar-refractivity contribution >= 4 is 44.6 Å². The third-order valence-corrected chi connectivity index (χ3v) is 5.03. The molecule has 3 atom stereocenters. The molecule has 1 rings (SSSR count). The summed E-state index contributed by atoms with van der Waals surface area (Å²) in [5.41, 5.74) is 0. The Balaban J connectivity index is 2.40. The molecule has 1 fully saturated rings. The maximum absolute atomic E-state index is 11.1. The van der Waals surface area contributed by atoms with Crippen molar-refractivity contribution in [1.82, 2.24) is 0 Å². The minimum absolute atomic E-state index is 0.0208. The van der Waals surface area contributed by atoms with E-state index in [0.717, 1.165) is 0 Å². The first-order chi connectivity index (χ1) is 6.44. The van der Waals surface area contributed by atoms with E-state index < -0.39 is 21.3 Å². The zero-order valence-electron chi connectivity index (χ0n) is 7.33. The van der Waals surface area contributed by atoms with Crippen LogP contribution in [0.5, 0.6) is 0 Å². The normalized spacial score (nSPS) is 33.1. The molecule has 84 valence electrons. The van der Waals surface area contributed by atoms with Crippen LogP contribution < -0.4 is 0 Å². The van der Waals surface area contributed by atoms with Gasteiger partial charge >= 0.3 is 0 Å². The fraction of sp³-hybridized carbons (Fsp3) is 1.00. The van der Waals surface area contributed by atoms with Crippen LogP contribution in [0.25, 0.3) is 0 Å². The Kier molecular flexibility index (Phi) is 4.78. The zero-order valence-corrected chi connectivity index (χ0v) is 10.4. The summed E-state index contributed by atoms with van der Waals surface area (Å²) in [6.07, 6.45) is -0.453. The van der Waals surface area contributed by atoms with E-state index in [-0.39, 0.29) is 29.4 Å². The average Bonchev–Trinajstić information content (AvgIpc) is 2.35. The summed E-state index contributed by atoms with van der Waals surface area (Å²) in [5, 5.41) is -0.775. The smallest absolute Gasteiger partial charge is 0.154 e. The molecule has 0 spiro atoms. The second-order valence-corrected chi connectivity index (χ2v) is 6.86. The molecule has 1 aliphatic heterocycles. The molecule has 0 aromatic heterocycles. The first kappa shape index (κ1) is 12.8. The molecule has 1 saturated heterocycles. The van der Waals surface area contributed by atoms with Crippen molar-refractivity contribution in [3.63, 3.8) is 0 Å². The van der Waals surface area contributed by atoms with Gasteiger partial charge in [0.25, 0.3) is 0 Å². The van der Waals surface area contributed by atoms with Crippen molar-refractivity contribution in [3.8, 4) is 0 Å². The van der Waals surface area contributed by atoms with Crippen molar-refractivity contribution < 1.29 is 13.2 Å². The third kappa shape index (κ3) is 3.74. The Labute approximate surface area is 98.6 Å². The van der Waals surface area contributed by atoms with Crippen molar-refractivity contribution in [2.75, 3.05) is 24.0 Å². The maximum atomic E-state index is 11.1. The van der Waals surface area contributed by atoms with Crippen molar-refractivity contribution in [1.29, 1.82) is 0 Å². The predicted molar refractivity (Wildman–Crippen MR) is 58.4 cm³/mol. The highest BCUT2D eigenvalue weighted by molar-refractivity contribution is 7.91. The van der Waals surface area contributed by atoms with Crippen LogP contribution in [0.1, 0.15) is 0 Å². The van der Waals surface area contributed by atoms with Gasteiger partial charge in [0.15, 0.2) is 9.84 Å². The predicted octanol–water partition coefficient (Wildman–Crippen LogP) is 1.25. The zero-order chi connectivity index (χ0) is 10.8. The molecular weight excluding hydrogens is 270 g/mol. The number of hydrogen-bond donors (Lipinski definition) is 0. The standard InChI is InChI=1S/C7H11Cl3O3S/c8-1-5(9)2-13-7-4-14(11,12)3-6(7)10/h5-7H,1-4H2. The van der Waals surface area contributed by atoms with Gasteiger partial charge in [-0.25, -0.2) is 8.42 Å². The van der Waals surface area contributed by atoms with Gasteiger partial charge in [-0.3, -0.25) is 0 Å². The van der Waals surface area contributed by atoms with E-state index in [1.807, 2.05) is 0 Å². The van der Waals surface area contributed by atoms with Gasteiger partial charge in [-0.05, 0) is 0 Å². The van der Waals surface area contributed by atoms with E-state index in [4.69, 9.17) is 39.5 Å². The highest BCUT2D eigenvalue weighted by Gasteiger charge is 2.37. The number of hydrogen-bond acceptors (Lipinski definition) is 3. The Morgan fingerprint density at radius 1 is 1.43 bits per heavy atom. The molecule has 0 saturated carbocycles. The molecule has 14 heavy (non-hydrogen) atoms. The second-order valence-electron chi connectivity index (χ2n) is 3.22. The van der Waals surface area contributed by atoms with E-state index >= 15 is 0 Å². The van der Waals surface area contributed by atoms with Gasteiger partial charge in [0.1, 0.15) is 0 Å².